The fourth-order valence-corrected chi connectivity index (χ4v) is 1.63. The molecule has 0 aliphatic heterocycles. The summed E-state index contributed by atoms with van der Waals surface area (Å²) in [6, 6.07) is 0. The first-order chi connectivity index (χ1) is 9.93. The molecule has 0 radical (unpaired) electrons. The predicted octanol–water partition coefficient (Wildman–Crippen LogP) is -0.115. The number of nitrogens with one attached hydrogen (secondary N) is 2. The van der Waals surface area contributed by atoms with Gasteiger partial charge >= 0.3 is 5.69 Å². The van der Waals surface area contributed by atoms with Gasteiger partial charge in [-0.3, -0.25) is 29.5 Å². The molecule has 2 rings (SSSR count). The number of nitrogens with two attached hydrogens (primary N) is 1. The molecule has 110 valence electrons. The Hall–Kier alpha value is -3.24. The molecule has 2 aromatic rings. The lowest BCUT2D eigenvalue weighted by Crippen LogP contribution is -2.18. The molecule has 2 aromatic heterocycles. The number of primary amides is 1. The van der Waals surface area contributed by atoms with Crippen LogP contribution >= 0.6 is 0 Å². The fourth-order valence-electron chi connectivity index (χ4n) is 1.63. The molecule has 0 aliphatic rings. The van der Waals surface area contributed by atoms with E-state index in [0.29, 0.717) is 6.54 Å². The topological polar surface area (TPSA) is 162 Å². The molecule has 21 heavy (non-hydrogen) atoms. The van der Waals surface area contributed by atoms with Crippen molar-refractivity contribution < 1.29 is 14.5 Å². The van der Waals surface area contributed by atoms with Crippen LogP contribution in [0.5, 0.6) is 0 Å². The molecule has 0 spiro atoms. The van der Waals surface area contributed by atoms with Gasteiger partial charge in [0.05, 0.1) is 10.6 Å². The number of aromatic amines is 1. The molecule has 11 heteroatoms. The van der Waals surface area contributed by atoms with Gasteiger partial charge in [0.2, 0.25) is 5.69 Å². The minimum absolute atomic E-state index is 0.0678. The Kier molecular flexibility index (Phi) is 3.65. The van der Waals surface area contributed by atoms with Gasteiger partial charge in [0.15, 0.2) is 5.69 Å². The molecular formula is C10H11N7O4. The van der Waals surface area contributed by atoms with Crippen LogP contribution in [0.1, 0.15) is 27.9 Å². The maximum absolute atomic E-state index is 12.0. The molecule has 0 saturated carbocycles. The van der Waals surface area contributed by atoms with E-state index in [2.05, 4.69) is 20.6 Å². The van der Waals surface area contributed by atoms with Crippen molar-refractivity contribution in [3.63, 3.8) is 0 Å². The Balaban J connectivity index is 2.31. The van der Waals surface area contributed by atoms with E-state index in [9.17, 15) is 19.7 Å². The second kappa shape index (κ2) is 5.40. The molecule has 0 fully saturated rings. The van der Waals surface area contributed by atoms with Crippen LogP contribution < -0.4 is 11.1 Å². The highest BCUT2D eigenvalue weighted by Crippen LogP contribution is 2.18. The fraction of sp³-hybridized carbons (Fsp3) is 0.200. The largest absolute Gasteiger partial charge is 0.364 e. The Morgan fingerprint density at radius 1 is 1.57 bits per heavy atom. The minimum atomic E-state index is -0.823. The summed E-state index contributed by atoms with van der Waals surface area (Å²) in [6.45, 7) is 2.24. The highest BCUT2D eigenvalue weighted by molar-refractivity contribution is 6.08. The van der Waals surface area contributed by atoms with Crippen molar-refractivity contribution >= 4 is 23.2 Å². The standard InChI is InChI=1S/C10H11N7O4/c1-2-16-4-5(7(15-16)9(11)18)13-10(19)8-6(17(20)21)3-12-14-8/h3-4H,2H2,1H3,(H2,11,18)(H,12,14)(H,13,19). The molecule has 4 N–H and O–H groups in total. The second-order valence-electron chi connectivity index (χ2n) is 3.95. The van der Waals surface area contributed by atoms with E-state index in [-0.39, 0.29) is 17.1 Å². The van der Waals surface area contributed by atoms with Crippen molar-refractivity contribution in [3.8, 4) is 0 Å². The van der Waals surface area contributed by atoms with E-state index in [0.717, 1.165) is 6.20 Å². The van der Waals surface area contributed by atoms with E-state index < -0.39 is 22.4 Å². The van der Waals surface area contributed by atoms with E-state index in [1.54, 1.807) is 6.92 Å². The van der Waals surface area contributed by atoms with Gasteiger partial charge in [0, 0.05) is 12.7 Å². The second-order valence-corrected chi connectivity index (χ2v) is 3.95. The van der Waals surface area contributed by atoms with Crippen LogP contribution in [0.4, 0.5) is 11.4 Å². The third-order valence-corrected chi connectivity index (χ3v) is 2.61. The number of H-pyrrole nitrogens is 1. The van der Waals surface area contributed by atoms with Gasteiger partial charge in [-0.15, -0.1) is 0 Å². The van der Waals surface area contributed by atoms with Gasteiger partial charge in [-0.2, -0.15) is 10.2 Å². The number of carbonyl (C=O) groups excluding carboxylic acids is 2. The molecular weight excluding hydrogens is 282 g/mol. The lowest BCUT2D eigenvalue weighted by atomic mass is 10.3. The van der Waals surface area contributed by atoms with Crippen LogP contribution in [0.2, 0.25) is 0 Å². The minimum Gasteiger partial charge on any atom is -0.364 e. The maximum Gasteiger partial charge on any atom is 0.319 e. The van der Waals surface area contributed by atoms with Gasteiger partial charge in [-0.1, -0.05) is 0 Å². The zero-order chi connectivity index (χ0) is 15.6. The molecule has 2 amide bonds. The lowest BCUT2D eigenvalue weighted by Gasteiger charge is -2.01. The molecule has 0 atom stereocenters. The molecule has 0 bridgehead atoms. The summed E-state index contributed by atoms with van der Waals surface area (Å²) < 4.78 is 1.40. The van der Waals surface area contributed by atoms with Crippen molar-refractivity contribution in [1.29, 1.82) is 0 Å². The zero-order valence-electron chi connectivity index (χ0n) is 10.9. The molecule has 0 aliphatic carbocycles. The summed E-state index contributed by atoms with van der Waals surface area (Å²) in [7, 11) is 0. The number of nitrogens with zero attached hydrogens (tertiary/aromatic N) is 4. The number of anilines is 1. The van der Waals surface area contributed by atoms with E-state index >= 15 is 0 Å². The predicted molar refractivity (Wildman–Crippen MR) is 69.6 cm³/mol. The number of hydrogen-bond donors (Lipinski definition) is 3. The smallest absolute Gasteiger partial charge is 0.319 e. The quantitative estimate of drug-likeness (QED) is 0.514. The Morgan fingerprint density at radius 2 is 2.29 bits per heavy atom. The summed E-state index contributed by atoms with van der Waals surface area (Å²) >= 11 is 0. The summed E-state index contributed by atoms with van der Waals surface area (Å²) in [5, 5.41) is 22.6. The first-order valence-electron chi connectivity index (χ1n) is 5.80. The number of carbonyl (C=O) groups is 2. The number of aryl methyl sites for hydroxylation is 1. The Labute approximate surface area is 117 Å². The number of aromatic nitrogens is 4. The van der Waals surface area contributed by atoms with Gasteiger partial charge in [0.25, 0.3) is 11.8 Å². The van der Waals surface area contributed by atoms with E-state index in [1.807, 2.05) is 0 Å². The average molecular weight is 293 g/mol. The van der Waals surface area contributed by atoms with Crippen LogP contribution in [0.25, 0.3) is 0 Å². The van der Waals surface area contributed by atoms with Gasteiger partial charge in [-0.05, 0) is 6.92 Å². The van der Waals surface area contributed by atoms with Crippen LogP contribution in [0.3, 0.4) is 0 Å². The van der Waals surface area contributed by atoms with Gasteiger partial charge in [-0.25, -0.2) is 0 Å². The summed E-state index contributed by atoms with van der Waals surface area (Å²) in [6.07, 6.45) is 2.32. The highest BCUT2D eigenvalue weighted by atomic mass is 16.6. The molecule has 0 aromatic carbocycles. The highest BCUT2D eigenvalue weighted by Gasteiger charge is 2.25. The normalized spacial score (nSPS) is 10.3. The zero-order valence-corrected chi connectivity index (χ0v) is 10.9. The lowest BCUT2D eigenvalue weighted by molar-refractivity contribution is -0.385. The van der Waals surface area contributed by atoms with Crippen LogP contribution in [0.15, 0.2) is 12.4 Å². The number of amides is 2. The Bertz CT molecular complexity index is 717. The average Bonchev–Trinajstić information content (AvgIpc) is 3.04. The molecule has 0 unspecified atom stereocenters. The number of nitro groups is 1. The summed E-state index contributed by atoms with van der Waals surface area (Å²) in [4.78, 5) is 33.3. The van der Waals surface area contributed by atoms with Crippen molar-refractivity contribution in [2.45, 2.75) is 13.5 Å². The third-order valence-electron chi connectivity index (χ3n) is 2.61. The monoisotopic (exact) mass is 293 g/mol. The SMILES string of the molecule is CCn1cc(NC(=O)c2[nH]ncc2[N+](=O)[O-])c(C(N)=O)n1. The van der Waals surface area contributed by atoms with Crippen LogP contribution in [-0.2, 0) is 6.54 Å². The number of hydrogen-bond acceptors (Lipinski definition) is 6. The summed E-state index contributed by atoms with van der Waals surface area (Å²) in [5.41, 5.74) is 4.29. The van der Waals surface area contributed by atoms with E-state index in [4.69, 9.17) is 5.73 Å². The molecule has 0 saturated heterocycles. The van der Waals surface area contributed by atoms with Crippen molar-refractivity contribution in [2.24, 2.45) is 5.73 Å². The van der Waals surface area contributed by atoms with Crippen molar-refractivity contribution in [1.82, 2.24) is 20.0 Å². The maximum atomic E-state index is 12.0. The first-order valence-corrected chi connectivity index (χ1v) is 5.80. The molecule has 11 nitrogen and oxygen atoms in total. The first kappa shape index (κ1) is 14.2. The number of rotatable bonds is 5. The molecule has 2 heterocycles. The van der Waals surface area contributed by atoms with Gasteiger partial charge in [0.1, 0.15) is 6.20 Å². The Morgan fingerprint density at radius 3 is 2.86 bits per heavy atom. The third kappa shape index (κ3) is 2.70. The van der Waals surface area contributed by atoms with Gasteiger partial charge < -0.3 is 11.1 Å². The van der Waals surface area contributed by atoms with E-state index in [1.165, 1.54) is 10.9 Å². The van der Waals surface area contributed by atoms with Crippen molar-refractivity contribution in [2.75, 3.05) is 5.32 Å². The van der Waals surface area contributed by atoms with Crippen LogP contribution in [0, 0.1) is 10.1 Å². The van der Waals surface area contributed by atoms with Crippen molar-refractivity contribution in [3.05, 3.63) is 33.9 Å². The van der Waals surface area contributed by atoms with Crippen LogP contribution in [-0.4, -0.2) is 36.7 Å². The summed E-state index contributed by atoms with van der Waals surface area (Å²) in [5.74, 6) is -1.64.